The van der Waals surface area contributed by atoms with Gasteiger partial charge in [0, 0.05) is 46.2 Å². The van der Waals surface area contributed by atoms with Gasteiger partial charge < -0.3 is 0 Å². The number of allylic oxidation sites excluding steroid dienone is 4. The normalized spacial score (nSPS) is 18.4. The molecule has 0 aromatic heterocycles. The highest BCUT2D eigenvalue weighted by atomic mass is 32.2. The topological polar surface area (TPSA) is 29.4 Å². The van der Waals surface area contributed by atoms with Gasteiger partial charge in [0.25, 0.3) is 0 Å². The number of hydrogen-bond acceptors (Lipinski definition) is 3. The number of hydrogen-bond donors (Lipinski definition) is 0. The van der Waals surface area contributed by atoms with E-state index in [9.17, 15) is 18.0 Å². The van der Waals surface area contributed by atoms with Crippen molar-refractivity contribution in [2.45, 2.75) is 17.5 Å². The first-order valence-corrected chi connectivity index (χ1v) is 6.61. The summed E-state index contributed by atoms with van der Waals surface area (Å²) in [5, 5.41) is 0. The van der Waals surface area contributed by atoms with Crippen LogP contribution in [0.15, 0.2) is 50.8 Å². The molecule has 102 valence electrons. The van der Waals surface area contributed by atoms with Gasteiger partial charge in [-0.15, -0.1) is 0 Å². The number of nitrogens with zero attached hydrogens (tertiary/aromatic N) is 1. The summed E-state index contributed by atoms with van der Waals surface area (Å²) in [6.45, 7) is 0. The summed E-state index contributed by atoms with van der Waals surface area (Å²) in [4.78, 5) is 12.8. The molecule has 0 amide bonds. The first-order valence-electron chi connectivity index (χ1n) is 5.83. The van der Waals surface area contributed by atoms with Gasteiger partial charge in [-0.25, -0.2) is 4.40 Å². The van der Waals surface area contributed by atoms with Crippen LogP contribution < -0.4 is 0 Å². The predicted octanol–water partition coefficient (Wildman–Crippen LogP) is 3.99. The maximum Gasteiger partial charge on any atom is 0.416 e. The quantitative estimate of drug-likeness (QED) is 0.677. The maximum absolute atomic E-state index is 13.1. The summed E-state index contributed by atoms with van der Waals surface area (Å²) in [7, 11) is 0. The van der Waals surface area contributed by atoms with Gasteiger partial charge >= 0.3 is 6.18 Å². The van der Waals surface area contributed by atoms with E-state index >= 15 is 0 Å². The van der Waals surface area contributed by atoms with Crippen LogP contribution >= 0.6 is 11.9 Å². The smallest absolute Gasteiger partial charge is 0.294 e. The van der Waals surface area contributed by atoms with Gasteiger partial charge in [0.15, 0.2) is 5.78 Å². The van der Waals surface area contributed by atoms with E-state index in [2.05, 4.69) is 4.40 Å². The molecule has 0 atom stereocenters. The zero-order valence-electron chi connectivity index (χ0n) is 10.1. The Hall–Kier alpha value is -1.82. The molecular weight excluding hydrogens is 287 g/mol. The van der Waals surface area contributed by atoms with Crippen LogP contribution in [-0.2, 0) is 4.79 Å². The fraction of sp³-hybridized carbons (Fsp3) is 0.143. The van der Waals surface area contributed by atoms with Gasteiger partial charge in [-0.2, -0.15) is 13.2 Å². The Labute approximate surface area is 117 Å². The molecule has 1 heterocycles. The number of carbonyl (C=O) groups is 1. The number of rotatable bonds is 0. The summed E-state index contributed by atoms with van der Waals surface area (Å²) in [5.74, 6) is -0.311. The molecule has 0 saturated heterocycles. The first kappa shape index (κ1) is 13.2. The van der Waals surface area contributed by atoms with Crippen LogP contribution in [0.3, 0.4) is 0 Å². The van der Waals surface area contributed by atoms with E-state index in [-0.39, 0.29) is 23.4 Å². The Balaban J connectivity index is 2.28. The van der Waals surface area contributed by atoms with Gasteiger partial charge in [0.05, 0.1) is 5.57 Å². The van der Waals surface area contributed by atoms with E-state index in [4.69, 9.17) is 0 Å². The number of carbonyl (C=O) groups excluding carboxylic acids is 1. The van der Waals surface area contributed by atoms with Gasteiger partial charge in [0.2, 0.25) is 0 Å². The molecule has 0 bridgehead atoms. The molecule has 1 aliphatic heterocycles. The Morgan fingerprint density at radius 1 is 1.20 bits per heavy atom. The second kappa shape index (κ2) is 4.63. The molecule has 1 aromatic carbocycles. The molecule has 0 spiro atoms. The predicted molar refractivity (Wildman–Crippen MR) is 71.5 cm³/mol. The molecule has 0 unspecified atom stereocenters. The molecule has 0 saturated carbocycles. The minimum Gasteiger partial charge on any atom is -0.294 e. The summed E-state index contributed by atoms with van der Waals surface area (Å²) in [5.41, 5.74) is -0.284. The van der Waals surface area contributed by atoms with E-state index in [0.717, 1.165) is 24.2 Å². The lowest BCUT2D eigenvalue weighted by Gasteiger charge is -2.20. The molecule has 1 aliphatic carbocycles. The fourth-order valence-electron chi connectivity index (χ4n) is 2.28. The molecule has 1 aromatic rings. The summed E-state index contributed by atoms with van der Waals surface area (Å²) < 4.78 is 43.1. The second-order valence-electron chi connectivity index (χ2n) is 4.35. The highest BCUT2D eigenvalue weighted by Gasteiger charge is 2.40. The lowest BCUT2D eigenvalue weighted by Crippen LogP contribution is -2.21. The summed E-state index contributed by atoms with van der Waals surface area (Å²) >= 11 is 1.07. The SMILES string of the molecule is O=C1CC=C(C(F)(F)F)C2=C1c1ccccc1SN=C2. The Kier molecular flexibility index (Phi) is 3.05. The van der Waals surface area contributed by atoms with Crippen molar-refractivity contribution in [1.29, 1.82) is 0 Å². The van der Waals surface area contributed by atoms with Gasteiger partial charge in [-0.3, -0.25) is 4.79 Å². The van der Waals surface area contributed by atoms with Gasteiger partial charge in [-0.1, -0.05) is 24.3 Å². The average molecular weight is 295 g/mol. The lowest BCUT2D eigenvalue weighted by atomic mass is 9.86. The van der Waals surface area contributed by atoms with Crippen molar-refractivity contribution in [3.05, 3.63) is 47.1 Å². The zero-order valence-corrected chi connectivity index (χ0v) is 10.9. The van der Waals surface area contributed by atoms with E-state index in [1.165, 1.54) is 0 Å². The van der Waals surface area contributed by atoms with Crippen molar-refractivity contribution in [3.63, 3.8) is 0 Å². The lowest BCUT2D eigenvalue weighted by molar-refractivity contribution is -0.113. The molecule has 2 nitrogen and oxygen atoms in total. The molecule has 3 rings (SSSR count). The van der Waals surface area contributed by atoms with E-state index in [1.807, 2.05) is 0 Å². The van der Waals surface area contributed by atoms with Gasteiger partial charge in [-0.05, 0) is 6.07 Å². The monoisotopic (exact) mass is 295 g/mol. The van der Waals surface area contributed by atoms with Crippen molar-refractivity contribution in [2.24, 2.45) is 4.40 Å². The largest absolute Gasteiger partial charge is 0.416 e. The molecule has 0 fully saturated rings. The number of alkyl halides is 3. The Morgan fingerprint density at radius 3 is 2.70 bits per heavy atom. The minimum absolute atomic E-state index is 0.115. The number of halogens is 3. The minimum atomic E-state index is -4.49. The van der Waals surface area contributed by atoms with Crippen molar-refractivity contribution < 1.29 is 18.0 Å². The van der Waals surface area contributed by atoms with E-state index < -0.39 is 11.7 Å². The second-order valence-corrected chi connectivity index (χ2v) is 5.19. The number of Topliss-reactive ketones (excluding diaryl/α,β-unsaturated/α-hetero) is 1. The molecule has 2 aliphatic rings. The number of fused-ring (bicyclic) bond motifs is 2. The van der Waals surface area contributed by atoms with Crippen LogP contribution in [0.2, 0.25) is 0 Å². The molecule has 0 radical (unpaired) electrons. The molecule has 6 heteroatoms. The fourth-order valence-corrected chi connectivity index (χ4v) is 2.96. The summed E-state index contributed by atoms with van der Waals surface area (Å²) in [6.07, 6.45) is -2.65. The van der Waals surface area contributed by atoms with Crippen LogP contribution in [0.25, 0.3) is 5.57 Å². The molecule has 0 N–H and O–H groups in total. The first-order chi connectivity index (χ1) is 9.48. The van der Waals surface area contributed by atoms with Gasteiger partial charge in [0.1, 0.15) is 0 Å². The summed E-state index contributed by atoms with van der Waals surface area (Å²) in [6, 6.07) is 6.87. The molecule has 20 heavy (non-hydrogen) atoms. The van der Waals surface area contributed by atoms with Crippen LogP contribution in [-0.4, -0.2) is 18.2 Å². The van der Waals surface area contributed by atoms with Crippen LogP contribution in [0.4, 0.5) is 13.2 Å². The van der Waals surface area contributed by atoms with Crippen molar-refractivity contribution in [1.82, 2.24) is 0 Å². The highest BCUT2D eigenvalue weighted by molar-refractivity contribution is 7.98. The maximum atomic E-state index is 13.1. The van der Waals surface area contributed by atoms with E-state index in [1.54, 1.807) is 24.3 Å². The van der Waals surface area contributed by atoms with Crippen LogP contribution in [0.5, 0.6) is 0 Å². The van der Waals surface area contributed by atoms with Crippen molar-refractivity contribution in [3.8, 4) is 0 Å². The third-order valence-corrected chi connectivity index (χ3v) is 3.89. The number of ketones is 1. The van der Waals surface area contributed by atoms with Crippen LogP contribution in [0.1, 0.15) is 12.0 Å². The van der Waals surface area contributed by atoms with Crippen molar-refractivity contribution >= 4 is 29.5 Å². The number of benzene rings is 1. The van der Waals surface area contributed by atoms with Crippen LogP contribution in [0, 0.1) is 0 Å². The Bertz CT molecular complexity index is 686. The highest BCUT2D eigenvalue weighted by Crippen LogP contribution is 2.42. The molecular formula is C14H8F3NOS. The van der Waals surface area contributed by atoms with Crippen molar-refractivity contribution in [2.75, 3.05) is 0 Å². The standard InChI is InChI=1S/C14H8F3NOS/c15-14(16,17)10-5-6-11(19)13-8-3-1-2-4-12(8)20-18-7-9(10)13/h1-5,7H,6H2. The third kappa shape index (κ3) is 2.10. The third-order valence-electron chi connectivity index (χ3n) is 3.12. The van der Waals surface area contributed by atoms with E-state index in [0.29, 0.717) is 10.5 Å². The zero-order chi connectivity index (χ0) is 14.3. The average Bonchev–Trinajstić information content (AvgIpc) is 2.57. The Morgan fingerprint density at radius 2 is 1.95 bits per heavy atom.